The van der Waals surface area contributed by atoms with E-state index in [9.17, 15) is 9.18 Å². The minimum atomic E-state index is -0.485. The molecular formula is C25H19FN2O2S. The lowest BCUT2D eigenvalue weighted by molar-refractivity contribution is -0.134. The Hall–Kier alpha value is -3.38. The lowest BCUT2D eigenvalue weighted by atomic mass is 9.92. The maximum atomic E-state index is 14.8. The molecule has 1 saturated carbocycles. The number of pyridine rings is 1. The Labute approximate surface area is 183 Å². The highest BCUT2D eigenvalue weighted by molar-refractivity contribution is 7.21. The van der Waals surface area contributed by atoms with Crippen LogP contribution in [0.2, 0.25) is 0 Å². The summed E-state index contributed by atoms with van der Waals surface area (Å²) in [5.74, 6) is -0.879. The highest BCUT2D eigenvalue weighted by atomic mass is 32.1. The molecule has 0 radical (unpaired) electrons. The van der Waals surface area contributed by atoms with Crippen LogP contribution in [0.15, 0.2) is 66.7 Å². The van der Waals surface area contributed by atoms with Crippen molar-refractivity contribution >= 4 is 33.7 Å². The van der Waals surface area contributed by atoms with Gasteiger partial charge in [0.1, 0.15) is 21.2 Å². The van der Waals surface area contributed by atoms with Crippen LogP contribution in [0.5, 0.6) is 0 Å². The Bertz CT molecular complexity index is 1310. The van der Waals surface area contributed by atoms with E-state index in [1.165, 1.54) is 42.2 Å². The molecule has 4 nitrogen and oxygen atoms in total. The Morgan fingerprint density at radius 3 is 2.61 bits per heavy atom. The lowest BCUT2D eigenvalue weighted by Crippen LogP contribution is -2.10. The van der Waals surface area contributed by atoms with Gasteiger partial charge in [0.05, 0.1) is 12.8 Å². The van der Waals surface area contributed by atoms with Crippen LogP contribution < -0.4 is 0 Å². The molecule has 0 amide bonds. The van der Waals surface area contributed by atoms with Crippen molar-refractivity contribution in [2.24, 2.45) is 0 Å². The average Bonchev–Trinajstić information content (AvgIpc) is 3.51. The highest BCUT2D eigenvalue weighted by Gasteiger charge is 2.47. The van der Waals surface area contributed by atoms with E-state index < -0.39 is 11.8 Å². The largest absolute Gasteiger partial charge is 0.466 e. The summed E-state index contributed by atoms with van der Waals surface area (Å²) in [4.78, 5) is 21.6. The summed E-state index contributed by atoms with van der Waals surface area (Å²) in [5, 5.41) is 0.588. The Morgan fingerprint density at radius 2 is 1.90 bits per heavy atom. The molecule has 5 rings (SSSR count). The van der Waals surface area contributed by atoms with E-state index in [0.29, 0.717) is 16.1 Å². The van der Waals surface area contributed by atoms with Gasteiger partial charge in [0, 0.05) is 17.1 Å². The van der Waals surface area contributed by atoms with Gasteiger partial charge in [0.2, 0.25) is 0 Å². The second-order valence-electron chi connectivity index (χ2n) is 7.58. The van der Waals surface area contributed by atoms with E-state index in [4.69, 9.17) is 4.98 Å². The molecule has 2 heterocycles. The van der Waals surface area contributed by atoms with Crippen molar-refractivity contribution in [3.8, 4) is 10.6 Å². The number of hydrogen-bond acceptors (Lipinski definition) is 5. The predicted molar refractivity (Wildman–Crippen MR) is 120 cm³/mol. The van der Waals surface area contributed by atoms with Crippen molar-refractivity contribution in [3.05, 3.63) is 89.4 Å². The second kappa shape index (κ2) is 7.71. The molecule has 0 spiro atoms. The third-order valence-corrected chi connectivity index (χ3v) is 6.66. The van der Waals surface area contributed by atoms with Gasteiger partial charge in [-0.25, -0.2) is 19.2 Å². The number of benzene rings is 2. The summed E-state index contributed by atoms with van der Waals surface area (Å²) in [6.07, 6.45) is 4.94. The summed E-state index contributed by atoms with van der Waals surface area (Å²) in [5.41, 5.74) is 4.08. The number of nitrogens with zero attached hydrogens (tertiary/aromatic N) is 2. The first kappa shape index (κ1) is 19.6. The lowest BCUT2D eigenvalue weighted by Gasteiger charge is -2.14. The summed E-state index contributed by atoms with van der Waals surface area (Å²) in [6, 6.07) is 19.3. The molecule has 0 saturated heterocycles. The number of fused-ring (bicyclic) bond motifs is 1. The molecule has 0 unspecified atom stereocenters. The van der Waals surface area contributed by atoms with Gasteiger partial charge in [-0.15, -0.1) is 0 Å². The van der Waals surface area contributed by atoms with Crippen molar-refractivity contribution in [1.82, 2.24) is 9.97 Å². The predicted octanol–water partition coefficient (Wildman–Crippen LogP) is 5.76. The zero-order valence-corrected chi connectivity index (χ0v) is 17.7. The average molecular weight is 431 g/mol. The van der Waals surface area contributed by atoms with Gasteiger partial charge >= 0.3 is 5.97 Å². The third-order valence-electron chi connectivity index (χ3n) is 5.66. The smallest absolute Gasteiger partial charge is 0.330 e. The maximum Gasteiger partial charge on any atom is 0.330 e. The monoisotopic (exact) mass is 430 g/mol. The van der Waals surface area contributed by atoms with E-state index in [1.807, 2.05) is 18.2 Å². The molecule has 1 aliphatic rings. The normalized spacial score (nSPS) is 14.8. The zero-order chi connectivity index (χ0) is 21.4. The first-order valence-corrected chi connectivity index (χ1v) is 10.8. The number of hydrogen-bond donors (Lipinski definition) is 0. The van der Waals surface area contributed by atoms with Gasteiger partial charge in [-0.1, -0.05) is 47.7 Å². The van der Waals surface area contributed by atoms with Gasteiger partial charge in [0.15, 0.2) is 0 Å². The number of halogens is 1. The van der Waals surface area contributed by atoms with Crippen LogP contribution in [0.3, 0.4) is 0 Å². The number of ether oxygens (including phenoxy) is 1. The van der Waals surface area contributed by atoms with E-state index in [-0.39, 0.29) is 5.41 Å². The summed E-state index contributed by atoms with van der Waals surface area (Å²) < 4.78 is 19.3. The van der Waals surface area contributed by atoms with E-state index in [0.717, 1.165) is 28.9 Å². The van der Waals surface area contributed by atoms with Gasteiger partial charge in [0.25, 0.3) is 0 Å². The van der Waals surface area contributed by atoms with Crippen LogP contribution in [0.25, 0.3) is 27.0 Å². The van der Waals surface area contributed by atoms with Gasteiger partial charge < -0.3 is 4.74 Å². The molecule has 154 valence electrons. The number of carbonyl (C=O) groups excluding carboxylic acids is 1. The Kier molecular flexibility index (Phi) is 4.87. The number of rotatable bonds is 5. The SMILES string of the molecule is COC(=O)C=Cc1ccc(-c2nc3ccc(C4(c5ccccc5)CC4)nc3s2)c(F)c1. The summed E-state index contributed by atoms with van der Waals surface area (Å²) in [6.45, 7) is 0. The van der Waals surface area contributed by atoms with Crippen LogP contribution in [0.1, 0.15) is 29.7 Å². The van der Waals surface area contributed by atoms with Gasteiger partial charge in [-0.2, -0.15) is 0 Å². The molecule has 6 heteroatoms. The van der Waals surface area contributed by atoms with E-state index in [2.05, 4.69) is 34.0 Å². The van der Waals surface area contributed by atoms with Crippen LogP contribution in [0, 0.1) is 5.82 Å². The number of aromatic nitrogens is 2. The highest BCUT2D eigenvalue weighted by Crippen LogP contribution is 2.53. The molecule has 0 atom stereocenters. The van der Waals surface area contributed by atoms with Crippen molar-refractivity contribution in [2.75, 3.05) is 7.11 Å². The molecule has 0 N–H and O–H groups in total. The van der Waals surface area contributed by atoms with Crippen molar-refractivity contribution in [3.63, 3.8) is 0 Å². The minimum Gasteiger partial charge on any atom is -0.466 e. The van der Waals surface area contributed by atoms with Crippen molar-refractivity contribution in [1.29, 1.82) is 0 Å². The molecular weight excluding hydrogens is 411 g/mol. The third kappa shape index (κ3) is 3.64. The summed E-state index contributed by atoms with van der Waals surface area (Å²) in [7, 11) is 1.30. The second-order valence-corrected chi connectivity index (χ2v) is 8.56. The van der Waals surface area contributed by atoms with Crippen LogP contribution >= 0.6 is 11.3 Å². The number of thiazole rings is 1. The Morgan fingerprint density at radius 1 is 1.10 bits per heavy atom. The number of methoxy groups -OCH3 is 1. The fourth-order valence-corrected chi connectivity index (χ4v) is 4.78. The Balaban J connectivity index is 1.47. The topological polar surface area (TPSA) is 52.1 Å². The van der Waals surface area contributed by atoms with Crippen LogP contribution in [-0.2, 0) is 14.9 Å². The molecule has 31 heavy (non-hydrogen) atoms. The first-order valence-electron chi connectivity index (χ1n) is 9.99. The van der Waals surface area contributed by atoms with Crippen LogP contribution in [-0.4, -0.2) is 23.0 Å². The molecule has 2 aromatic carbocycles. The molecule has 4 aromatic rings. The van der Waals surface area contributed by atoms with E-state index in [1.54, 1.807) is 12.1 Å². The molecule has 1 fully saturated rings. The quantitative estimate of drug-likeness (QED) is 0.298. The first-order chi connectivity index (χ1) is 15.1. The zero-order valence-electron chi connectivity index (χ0n) is 16.8. The number of carbonyl (C=O) groups is 1. The molecule has 2 aromatic heterocycles. The van der Waals surface area contributed by atoms with Gasteiger partial charge in [-0.3, -0.25) is 0 Å². The maximum absolute atomic E-state index is 14.8. The standard InChI is InChI=1S/C25H19FN2O2S/c1-30-22(29)12-8-16-7-9-18(19(26)15-16)23-27-20-10-11-21(28-24(20)31-23)25(13-14-25)17-5-3-2-4-6-17/h2-12,15H,13-14H2,1H3. The fraction of sp³-hybridized carbons (Fsp3) is 0.160. The minimum absolute atomic E-state index is 0.0154. The number of esters is 1. The van der Waals surface area contributed by atoms with Gasteiger partial charge in [-0.05, 0) is 54.3 Å². The van der Waals surface area contributed by atoms with E-state index >= 15 is 0 Å². The summed E-state index contributed by atoms with van der Waals surface area (Å²) >= 11 is 1.39. The molecule has 1 aliphatic carbocycles. The van der Waals surface area contributed by atoms with Crippen LogP contribution in [0.4, 0.5) is 4.39 Å². The molecule has 0 bridgehead atoms. The molecule has 0 aliphatic heterocycles. The van der Waals surface area contributed by atoms with Crippen molar-refractivity contribution < 1.29 is 13.9 Å². The fourth-order valence-electron chi connectivity index (χ4n) is 3.81. The van der Waals surface area contributed by atoms with Crippen molar-refractivity contribution in [2.45, 2.75) is 18.3 Å².